The van der Waals surface area contributed by atoms with Crippen molar-refractivity contribution in [1.82, 2.24) is 15.0 Å². The molecule has 0 saturated heterocycles. The smallest absolute Gasteiger partial charge is 0.190 e. The van der Waals surface area contributed by atoms with E-state index in [1.54, 1.807) is 6.07 Å². The lowest BCUT2D eigenvalue weighted by molar-refractivity contribution is 0.611. The average Bonchev–Trinajstić information content (AvgIpc) is 2.27. The van der Waals surface area contributed by atoms with E-state index in [1.807, 2.05) is 6.92 Å². The molecule has 0 bridgehead atoms. The predicted molar refractivity (Wildman–Crippen MR) is 69.9 cm³/mol. The Morgan fingerprint density at radius 3 is 2.83 bits per heavy atom. The second-order valence-corrected chi connectivity index (χ2v) is 4.94. The topological polar surface area (TPSA) is 64.7 Å². The van der Waals surface area contributed by atoms with Gasteiger partial charge in [0.15, 0.2) is 5.16 Å². The highest BCUT2D eigenvalue weighted by Gasteiger charge is 2.09. The van der Waals surface area contributed by atoms with Gasteiger partial charge in [-0.15, -0.1) is 0 Å². The fraction of sp³-hybridized carbons (Fsp3) is 0.182. The number of hydrogen-bond donors (Lipinski definition) is 1. The molecule has 0 aliphatic rings. The van der Waals surface area contributed by atoms with Crippen molar-refractivity contribution in [2.75, 3.05) is 5.73 Å². The van der Waals surface area contributed by atoms with Crippen LogP contribution in [0.4, 0.5) is 10.2 Å². The van der Waals surface area contributed by atoms with Crippen LogP contribution in [-0.2, 0) is 5.75 Å². The van der Waals surface area contributed by atoms with Crippen molar-refractivity contribution in [3.05, 3.63) is 40.6 Å². The molecule has 0 unspecified atom stereocenters. The molecule has 94 valence electrons. The molecule has 0 amide bonds. The molecule has 2 rings (SSSR count). The highest BCUT2D eigenvalue weighted by Crippen LogP contribution is 2.26. The van der Waals surface area contributed by atoms with Gasteiger partial charge in [0.05, 0.1) is 11.2 Å². The van der Waals surface area contributed by atoms with E-state index in [4.69, 9.17) is 17.3 Å². The summed E-state index contributed by atoms with van der Waals surface area (Å²) in [6.45, 7) is 1.82. The Morgan fingerprint density at radius 1 is 1.39 bits per heavy atom. The predicted octanol–water partition coefficient (Wildman–Crippen LogP) is 2.85. The molecule has 0 aromatic carbocycles. The van der Waals surface area contributed by atoms with Gasteiger partial charge in [0.1, 0.15) is 11.6 Å². The van der Waals surface area contributed by atoms with E-state index in [-0.39, 0.29) is 0 Å². The van der Waals surface area contributed by atoms with Crippen molar-refractivity contribution in [2.24, 2.45) is 0 Å². The Bertz CT molecular complexity index is 538. The van der Waals surface area contributed by atoms with E-state index >= 15 is 0 Å². The SMILES string of the molecule is Cc1cc(N)nc(SCc2c(F)cncc2Cl)n1. The summed E-state index contributed by atoms with van der Waals surface area (Å²) >= 11 is 7.15. The summed E-state index contributed by atoms with van der Waals surface area (Å²) in [5, 5.41) is 0.794. The first-order valence-electron chi connectivity index (χ1n) is 5.08. The van der Waals surface area contributed by atoms with Gasteiger partial charge in [-0.1, -0.05) is 23.4 Å². The first-order valence-corrected chi connectivity index (χ1v) is 6.44. The first kappa shape index (κ1) is 13.0. The Kier molecular flexibility index (Phi) is 3.98. The maximum absolute atomic E-state index is 13.5. The summed E-state index contributed by atoms with van der Waals surface area (Å²) in [6, 6.07) is 1.67. The number of nitrogens with zero attached hydrogens (tertiary/aromatic N) is 3. The Labute approximate surface area is 113 Å². The molecule has 2 aromatic rings. The fourth-order valence-electron chi connectivity index (χ4n) is 1.34. The van der Waals surface area contributed by atoms with Crippen LogP contribution in [-0.4, -0.2) is 15.0 Å². The van der Waals surface area contributed by atoms with Gasteiger partial charge in [-0.05, 0) is 6.92 Å². The zero-order valence-corrected chi connectivity index (χ0v) is 11.1. The van der Waals surface area contributed by atoms with Gasteiger partial charge in [0, 0.05) is 29.3 Å². The zero-order chi connectivity index (χ0) is 13.1. The van der Waals surface area contributed by atoms with E-state index in [9.17, 15) is 4.39 Å². The van der Waals surface area contributed by atoms with Gasteiger partial charge < -0.3 is 5.73 Å². The number of thioether (sulfide) groups is 1. The molecule has 0 spiro atoms. The lowest BCUT2D eigenvalue weighted by Gasteiger charge is -2.05. The molecule has 0 saturated carbocycles. The van der Waals surface area contributed by atoms with E-state index in [2.05, 4.69) is 15.0 Å². The van der Waals surface area contributed by atoms with Crippen molar-refractivity contribution in [3.63, 3.8) is 0 Å². The number of hydrogen-bond acceptors (Lipinski definition) is 5. The van der Waals surface area contributed by atoms with Crippen molar-refractivity contribution in [2.45, 2.75) is 17.8 Å². The van der Waals surface area contributed by atoms with E-state index in [0.29, 0.717) is 27.3 Å². The summed E-state index contributed by atoms with van der Waals surface area (Å²) in [4.78, 5) is 11.9. The van der Waals surface area contributed by atoms with Crippen LogP contribution in [0.2, 0.25) is 5.02 Å². The molecule has 2 heterocycles. The third-order valence-corrected chi connectivity index (χ3v) is 3.35. The number of nitrogens with two attached hydrogens (primary N) is 1. The molecule has 2 N–H and O–H groups in total. The second kappa shape index (κ2) is 5.49. The summed E-state index contributed by atoms with van der Waals surface area (Å²) in [7, 11) is 0. The summed E-state index contributed by atoms with van der Waals surface area (Å²) in [5.74, 6) is 0.290. The monoisotopic (exact) mass is 284 g/mol. The van der Waals surface area contributed by atoms with Gasteiger partial charge in [-0.25, -0.2) is 14.4 Å². The molecule has 0 fully saturated rings. The molecule has 2 aromatic heterocycles. The van der Waals surface area contributed by atoms with Crippen molar-refractivity contribution in [1.29, 1.82) is 0 Å². The molecule has 0 aliphatic carbocycles. The van der Waals surface area contributed by atoms with Crippen LogP contribution in [0.5, 0.6) is 0 Å². The van der Waals surface area contributed by atoms with Crippen LogP contribution in [0.3, 0.4) is 0 Å². The lowest BCUT2D eigenvalue weighted by Crippen LogP contribution is -1.97. The van der Waals surface area contributed by atoms with Crippen molar-refractivity contribution >= 4 is 29.2 Å². The second-order valence-electron chi connectivity index (χ2n) is 3.59. The lowest BCUT2D eigenvalue weighted by atomic mass is 10.3. The molecule has 7 heteroatoms. The van der Waals surface area contributed by atoms with E-state index in [1.165, 1.54) is 18.0 Å². The fourth-order valence-corrected chi connectivity index (χ4v) is 2.58. The number of pyridine rings is 1. The minimum atomic E-state index is -0.435. The number of halogens is 2. The van der Waals surface area contributed by atoms with Crippen LogP contribution in [0.15, 0.2) is 23.6 Å². The zero-order valence-electron chi connectivity index (χ0n) is 9.52. The standard InChI is InChI=1S/C11H10ClFN4S/c1-6-2-10(14)17-11(16-6)18-5-7-8(12)3-15-4-9(7)13/h2-4H,5H2,1H3,(H2,14,16,17). The van der Waals surface area contributed by atoms with E-state index in [0.717, 1.165) is 11.9 Å². The Hall–Kier alpha value is -1.40. The summed E-state index contributed by atoms with van der Waals surface area (Å²) in [6.07, 6.45) is 2.54. The molecular formula is C11H10ClFN4S. The van der Waals surface area contributed by atoms with Gasteiger partial charge in [-0.3, -0.25) is 4.98 Å². The third-order valence-electron chi connectivity index (χ3n) is 2.15. The Balaban J connectivity index is 2.16. The number of anilines is 1. The van der Waals surface area contributed by atoms with Crippen LogP contribution in [0.25, 0.3) is 0 Å². The summed E-state index contributed by atoms with van der Waals surface area (Å²) in [5.41, 5.74) is 6.77. The van der Waals surface area contributed by atoms with Crippen LogP contribution < -0.4 is 5.73 Å². The van der Waals surface area contributed by atoms with E-state index < -0.39 is 5.82 Å². The first-order chi connectivity index (χ1) is 8.56. The van der Waals surface area contributed by atoms with Gasteiger partial charge >= 0.3 is 0 Å². The van der Waals surface area contributed by atoms with Crippen molar-refractivity contribution in [3.8, 4) is 0 Å². The highest BCUT2D eigenvalue weighted by molar-refractivity contribution is 7.98. The highest BCUT2D eigenvalue weighted by atomic mass is 35.5. The van der Waals surface area contributed by atoms with Crippen LogP contribution in [0.1, 0.15) is 11.3 Å². The molecule has 0 radical (unpaired) electrons. The number of nitrogen functional groups attached to an aromatic ring is 1. The number of rotatable bonds is 3. The maximum Gasteiger partial charge on any atom is 0.190 e. The molecule has 0 atom stereocenters. The molecular weight excluding hydrogens is 275 g/mol. The third kappa shape index (κ3) is 3.08. The minimum absolute atomic E-state index is 0.295. The Morgan fingerprint density at radius 2 is 2.17 bits per heavy atom. The van der Waals surface area contributed by atoms with Crippen molar-refractivity contribution < 1.29 is 4.39 Å². The van der Waals surface area contributed by atoms with Crippen LogP contribution >= 0.6 is 23.4 Å². The summed E-state index contributed by atoms with van der Waals surface area (Å²) < 4.78 is 13.5. The molecule has 4 nitrogen and oxygen atoms in total. The normalized spacial score (nSPS) is 10.6. The quantitative estimate of drug-likeness (QED) is 0.693. The van der Waals surface area contributed by atoms with Crippen LogP contribution in [0, 0.1) is 12.7 Å². The average molecular weight is 285 g/mol. The maximum atomic E-state index is 13.5. The largest absolute Gasteiger partial charge is 0.384 e. The van der Waals surface area contributed by atoms with Gasteiger partial charge in [0.25, 0.3) is 0 Å². The number of aryl methyl sites for hydroxylation is 1. The minimum Gasteiger partial charge on any atom is -0.384 e. The molecule has 18 heavy (non-hydrogen) atoms. The number of aromatic nitrogens is 3. The van der Waals surface area contributed by atoms with Gasteiger partial charge in [0.2, 0.25) is 0 Å². The van der Waals surface area contributed by atoms with Gasteiger partial charge in [-0.2, -0.15) is 0 Å². The molecule has 0 aliphatic heterocycles.